The maximum absolute atomic E-state index is 11.7. The molecule has 0 radical (unpaired) electrons. The molecule has 0 bridgehead atoms. The molecular weight excluding hydrogens is 276 g/mol. The number of aromatic nitrogens is 1. The van der Waals surface area contributed by atoms with Crippen LogP contribution >= 0.6 is 11.3 Å². The lowest BCUT2D eigenvalue weighted by molar-refractivity contribution is -0.121. The highest BCUT2D eigenvalue weighted by Crippen LogP contribution is 2.18. The Balaban J connectivity index is 2.31. The Bertz CT molecular complexity index is 445. The Hall–Kier alpha value is -1.43. The van der Waals surface area contributed by atoms with E-state index in [0.717, 1.165) is 12.8 Å². The van der Waals surface area contributed by atoms with E-state index in [2.05, 4.69) is 17.2 Å². The van der Waals surface area contributed by atoms with Crippen LogP contribution in [0.15, 0.2) is 5.38 Å². The van der Waals surface area contributed by atoms with Crippen LogP contribution in [0.2, 0.25) is 0 Å². The zero-order chi connectivity index (χ0) is 15.0. The molecule has 20 heavy (non-hydrogen) atoms. The average Bonchev–Trinajstić information content (AvgIpc) is 2.88. The molecule has 1 rings (SSSR count). The lowest BCUT2D eigenvalue weighted by atomic mass is 10.1. The molecule has 0 fully saturated rings. The Morgan fingerprint density at radius 2 is 2.05 bits per heavy atom. The molecule has 1 heterocycles. The third-order valence-electron chi connectivity index (χ3n) is 3.00. The Morgan fingerprint density at radius 1 is 1.35 bits per heavy atom. The van der Waals surface area contributed by atoms with Crippen LogP contribution in [0.4, 0.5) is 0 Å². The molecule has 0 saturated carbocycles. The molecule has 0 aromatic carbocycles. The number of carboxylic acids is 1. The second kappa shape index (κ2) is 8.68. The highest BCUT2D eigenvalue weighted by molar-refractivity contribution is 7.09. The molecule has 6 heteroatoms. The van der Waals surface area contributed by atoms with Gasteiger partial charge in [0.1, 0.15) is 5.01 Å². The third kappa shape index (κ3) is 5.69. The van der Waals surface area contributed by atoms with Crippen LogP contribution < -0.4 is 5.32 Å². The SMILES string of the molecule is CCCCCCCC(=O)NC(C)c1nc(C(=O)O)cs1. The first-order valence-electron chi connectivity index (χ1n) is 7.02. The monoisotopic (exact) mass is 298 g/mol. The second-order valence-corrected chi connectivity index (χ2v) is 5.72. The fourth-order valence-corrected chi connectivity index (χ4v) is 2.65. The highest BCUT2D eigenvalue weighted by atomic mass is 32.1. The summed E-state index contributed by atoms with van der Waals surface area (Å²) in [6.07, 6.45) is 6.08. The summed E-state index contributed by atoms with van der Waals surface area (Å²) < 4.78 is 0. The Morgan fingerprint density at radius 3 is 2.65 bits per heavy atom. The van der Waals surface area contributed by atoms with Crippen LogP contribution in [-0.2, 0) is 4.79 Å². The highest BCUT2D eigenvalue weighted by Gasteiger charge is 2.15. The predicted octanol–water partition coefficient (Wildman–Crippen LogP) is 3.38. The Labute approximate surface area is 123 Å². The van der Waals surface area contributed by atoms with Crippen molar-refractivity contribution in [3.05, 3.63) is 16.1 Å². The number of hydrogen-bond donors (Lipinski definition) is 2. The van der Waals surface area contributed by atoms with Gasteiger partial charge in [-0.3, -0.25) is 4.79 Å². The van der Waals surface area contributed by atoms with Crippen molar-refractivity contribution in [2.24, 2.45) is 0 Å². The molecule has 112 valence electrons. The molecule has 1 aromatic rings. The molecule has 1 amide bonds. The number of thiazole rings is 1. The van der Waals surface area contributed by atoms with Crippen molar-refractivity contribution in [3.63, 3.8) is 0 Å². The summed E-state index contributed by atoms with van der Waals surface area (Å²) in [5, 5.41) is 13.8. The lowest BCUT2D eigenvalue weighted by Gasteiger charge is -2.11. The molecule has 1 aromatic heterocycles. The Kier molecular flexibility index (Phi) is 7.22. The van der Waals surface area contributed by atoms with Gasteiger partial charge < -0.3 is 10.4 Å². The third-order valence-corrected chi connectivity index (χ3v) is 4.02. The van der Waals surface area contributed by atoms with Gasteiger partial charge in [-0.1, -0.05) is 32.6 Å². The summed E-state index contributed by atoms with van der Waals surface area (Å²) in [5.41, 5.74) is 0.0330. The van der Waals surface area contributed by atoms with E-state index in [9.17, 15) is 9.59 Å². The van der Waals surface area contributed by atoms with Crippen LogP contribution in [0.5, 0.6) is 0 Å². The van der Waals surface area contributed by atoms with Crippen molar-refractivity contribution in [1.82, 2.24) is 10.3 Å². The van der Waals surface area contributed by atoms with Crippen molar-refractivity contribution in [1.29, 1.82) is 0 Å². The number of hydrogen-bond acceptors (Lipinski definition) is 4. The zero-order valence-electron chi connectivity index (χ0n) is 12.0. The minimum Gasteiger partial charge on any atom is -0.476 e. The van der Waals surface area contributed by atoms with Crippen molar-refractivity contribution < 1.29 is 14.7 Å². The van der Waals surface area contributed by atoms with Crippen molar-refractivity contribution in [3.8, 4) is 0 Å². The van der Waals surface area contributed by atoms with Crippen LogP contribution in [0.3, 0.4) is 0 Å². The van der Waals surface area contributed by atoms with Gasteiger partial charge in [-0.05, 0) is 13.3 Å². The topological polar surface area (TPSA) is 79.3 Å². The number of nitrogens with one attached hydrogen (secondary N) is 1. The van der Waals surface area contributed by atoms with Crippen molar-refractivity contribution in [2.45, 2.75) is 58.4 Å². The van der Waals surface area contributed by atoms with Crippen LogP contribution in [0.1, 0.15) is 73.9 Å². The van der Waals surface area contributed by atoms with E-state index in [1.54, 1.807) is 0 Å². The molecule has 0 aliphatic carbocycles. The predicted molar refractivity (Wildman–Crippen MR) is 79.0 cm³/mol. The summed E-state index contributed by atoms with van der Waals surface area (Å²) in [6.45, 7) is 3.98. The van der Waals surface area contributed by atoms with E-state index < -0.39 is 5.97 Å². The first-order chi connectivity index (χ1) is 9.54. The number of aromatic carboxylic acids is 1. The number of nitrogens with zero attached hydrogens (tertiary/aromatic N) is 1. The summed E-state index contributed by atoms with van der Waals surface area (Å²) >= 11 is 1.26. The lowest BCUT2D eigenvalue weighted by Crippen LogP contribution is -2.26. The average molecular weight is 298 g/mol. The molecular formula is C14H22N2O3S. The van der Waals surface area contributed by atoms with Gasteiger partial charge in [0.25, 0.3) is 0 Å². The van der Waals surface area contributed by atoms with Crippen LogP contribution in [0.25, 0.3) is 0 Å². The van der Waals surface area contributed by atoms with Gasteiger partial charge in [-0.25, -0.2) is 9.78 Å². The van der Waals surface area contributed by atoms with Gasteiger partial charge in [0, 0.05) is 11.8 Å². The number of unbranched alkanes of at least 4 members (excludes halogenated alkanes) is 4. The fraction of sp³-hybridized carbons (Fsp3) is 0.643. The van der Waals surface area contributed by atoms with Gasteiger partial charge in [0.15, 0.2) is 5.69 Å². The van der Waals surface area contributed by atoms with E-state index in [4.69, 9.17) is 5.11 Å². The number of carboxylic acid groups (broad SMARTS) is 1. The van der Waals surface area contributed by atoms with E-state index >= 15 is 0 Å². The maximum Gasteiger partial charge on any atom is 0.355 e. The number of amides is 1. The first-order valence-corrected chi connectivity index (χ1v) is 7.90. The zero-order valence-corrected chi connectivity index (χ0v) is 12.8. The largest absolute Gasteiger partial charge is 0.476 e. The summed E-state index contributed by atoms with van der Waals surface area (Å²) in [6, 6.07) is -0.240. The maximum atomic E-state index is 11.7. The summed E-state index contributed by atoms with van der Waals surface area (Å²) in [4.78, 5) is 26.5. The van der Waals surface area contributed by atoms with E-state index in [1.807, 2.05) is 6.92 Å². The molecule has 0 spiro atoms. The molecule has 1 atom stereocenters. The van der Waals surface area contributed by atoms with Gasteiger partial charge in [-0.15, -0.1) is 11.3 Å². The smallest absolute Gasteiger partial charge is 0.355 e. The van der Waals surface area contributed by atoms with E-state index in [1.165, 1.54) is 36.0 Å². The van der Waals surface area contributed by atoms with Gasteiger partial charge >= 0.3 is 5.97 Å². The van der Waals surface area contributed by atoms with Gasteiger partial charge in [0.2, 0.25) is 5.91 Å². The van der Waals surface area contributed by atoms with Crippen LogP contribution in [-0.4, -0.2) is 22.0 Å². The van der Waals surface area contributed by atoms with Crippen LogP contribution in [0, 0.1) is 0 Å². The molecule has 2 N–H and O–H groups in total. The van der Waals surface area contributed by atoms with Gasteiger partial charge in [0.05, 0.1) is 6.04 Å². The van der Waals surface area contributed by atoms with Gasteiger partial charge in [-0.2, -0.15) is 0 Å². The van der Waals surface area contributed by atoms with Crippen molar-refractivity contribution in [2.75, 3.05) is 0 Å². The molecule has 1 unspecified atom stereocenters. The minimum atomic E-state index is -1.04. The number of rotatable bonds is 9. The minimum absolute atomic E-state index is 0.000994. The molecule has 0 aliphatic heterocycles. The van der Waals surface area contributed by atoms with Crippen molar-refractivity contribution >= 4 is 23.2 Å². The first kappa shape index (κ1) is 16.6. The fourth-order valence-electron chi connectivity index (χ4n) is 1.85. The summed E-state index contributed by atoms with van der Waals surface area (Å²) in [7, 11) is 0. The molecule has 0 aliphatic rings. The second-order valence-electron chi connectivity index (χ2n) is 4.83. The number of carbonyl (C=O) groups excluding carboxylic acids is 1. The normalized spacial score (nSPS) is 12.1. The molecule has 0 saturated heterocycles. The summed E-state index contributed by atoms with van der Waals surface area (Å²) in [5.74, 6) is -1.04. The standard InChI is InChI=1S/C14H22N2O3S/c1-3-4-5-6-7-8-12(17)15-10(2)13-16-11(9-20-13)14(18)19/h9-10H,3-8H2,1-2H3,(H,15,17)(H,18,19). The van der Waals surface area contributed by atoms with E-state index in [-0.39, 0.29) is 17.6 Å². The molecule has 5 nitrogen and oxygen atoms in total. The number of carbonyl (C=O) groups is 2. The quantitative estimate of drug-likeness (QED) is 0.685. The van der Waals surface area contributed by atoms with E-state index in [0.29, 0.717) is 11.4 Å².